The fourth-order valence-electron chi connectivity index (χ4n) is 6.92. The number of halogens is 6. The van der Waals surface area contributed by atoms with E-state index in [1.54, 1.807) is 65.3 Å². The zero-order valence-corrected chi connectivity index (χ0v) is 37.9. The molecule has 61 heavy (non-hydrogen) atoms. The van der Waals surface area contributed by atoms with Gasteiger partial charge in [-0.25, -0.2) is 4.79 Å². The summed E-state index contributed by atoms with van der Waals surface area (Å²) in [7, 11) is 0. The minimum absolute atomic E-state index is 0.0188. The Morgan fingerprint density at radius 2 is 1.08 bits per heavy atom. The highest BCUT2D eigenvalue weighted by molar-refractivity contribution is 8.04. The molecular weight excluding hydrogens is 955 g/mol. The highest BCUT2D eigenvalue weighted by atomic mass is 32.2. The van der Waals surface area contributed by atoms with Crippen molar-refractivity contribution in [1.82, 2.24) is 10.6 Å². The number of rotatable bonds is 11. The van der Waals surface area contributed by atoms with Crippen molar-refractivity contribution < 1.29 is 45.3 Å². The average molecular weight is 983 g/mol. The van der Waals surface area contributed by atoms with Crippen LogP contribution < -0.4 is 10.6 Å². The lowest BCUT2D eigenvalue weighted by Gasteiger charge is -2.12. The van der Waals surface area contributed by atoms with E-state index in [4.69, 9.17) is 14.2 Å². The third kappa shape index (κ3) is 8.10. The second-order valence-electron chi connectivity index (χ2n) is 13.7. The first-order valence-corrected chi connectivity index (χ1v) is 25.2. The molecule has 3 aliphatic rings. The van der Waals surface area contributed by atoms with Crippen molar-refractivity contribution in [3.63, 3.8) is 0 Å². The summed E-state index contributed by atoms with van der Waals surface area (Å²) >= 11 is 11.5. The standard InChI is InChI=1S/C41H28F6N2O4S8/c1-3-51-38(50)33-35(41(45,46)47)49-37(61-33)26-12-10-22(57-26)20-6-8-24(55-20)30-16-18-14-27-17(13-28(18)59-30)15-29(58-27)23-7-5-19(54-23)21-9-11-25(56-21)36-48-34(40(42,43)44)32(60-36)31-39(53-31)52-4-2/h5-16,31,36-37,39,48-49H,3-4H2,1-2H3. The summed E-state index contributed by atoms with van der Waals surface area (Å²) < 4.78 is 101. The van der Waals surface area contributed by atoms with Crippen LogP contribution in [-0.4, -0.2) is 43.9 Å². The zero-order chi connectivity index (χ0) is 42.4. The molecule has 1 saturated heterocycles. The summed E-state index contributed by atoms with van der Waals surface area (Å²) in [6.07, 6.45) is -10.6. The van der Waals surface area contributed by atoms with Crippen molar-refractivity contribution in [1.29, 1.82) is 0 Å². The van der Waals surface area contributed by atoms with Crippen LogP contribution in [0.1, 0.15) is 34.3 Å². The number of epoxide rings is 1. The third-order valence-corrected chi connectivity index (χ3v) is 19.9. The summed E-state index contributed by atoms with van der Waals surface area (Å²) in [5.41, 5.74) is -1.82. The normalized spacial score (nSPS) is 20.7. The Hall–Kier alpha value is -3.31. The maximum atomic E-state index is 14.0. The van der Waals surface area contributed by atoms with E-state index in [9.17, 15) is 31.1 Å². The Balaban J connectivity index is 0.822. The van der Waals surface area contributed by atoms with Gasteiger partial charge in [0.2, 0.25) is 0 Å². The van der Waals surface area contributed by atoms with Gasteiger partial charge in [-0.2, -0.15) is 26.3 Å². The maximum absolute atomic E-state index is 14.0. The first-order chi connectivity index (χ1) is 29.2. The van der Waals surface area contributed by atoms with Gasteiger partial charge in [0, 0.05) is 69.7 Å². The van der Waals surface area contributed by atoms with E-state index in [1.165, 1.54) is 22.7 Å². The molecule has 4 unspecified atom stereocenters. The molecule has 0 bridgehead atoms. The van der Waals surface area contributed by atoms with Crippen molar-refractivity contribution in [2.75, 3.05) is 13.2 Å². The summed E-state index contributed by atoms with van der Waals surface area (Å²) in [6.45, 7) is 3.68. The lowest BCUT2D eigenvalue weighted by molar-refractivity contribution is -0.138. The molecule has 6 aromatic heterocycles. The molecule has 10 rings (SSSR count). The monoisotopic (exact) mass is 982 g/mol. The summed E-state index contributed by atoms with van der Waals surface area (Å²) in [5, 5.41) is 6.14. The lowest BCUT2D eigenvalue weighted by Crippen LogP contribution is -2.25. The number of hydrogen-bond acceptors (Lipinski definition) is 14. The minimum Gasteiger partial charge on any atom is -0.462 e. The van der Waals surface area contributed by atoms with Crippen LogP contribution in [0.15, 0.2) is 94.0 Å². The van der Waals surface area contributed by atoms with Gasteiger partial charge in [-0.3, -0.25) is 0 Å². The van der Waals surface area contributed by atoms with Crippen LogP contribution in [0.5, 0.6) is 0 Å². The van der Waals surface area contributed by atoms with E-state index in [0.717, 1.165) is 87.6 Å². The SMILES string of the molecule is CCOC(=O)C1=C(C(F)(F)F)NC(c2ccc(-c3ccc(-c4cc5cc6sc(-c7ccc(-c8ccc(C9NC(C(F)(F)F)=C(C%10OC%10OCC)S9)s8)s7)cc6cc5s4)s3)s2)S1. The Bertz CT molecular complexity index is 2840. The van der Waals surface area contributed by atoms with E-state index in [1.807, 2.05) is 24.3 Å². The van der Waals surface area contributed by atoms with Crippen LogP contribution in [0.4, 0.5) is 26.3 Å². The first-order valence-electron chi connectivity index (χ1n) is 18.5. The molecule has 4 atom stereocenters. The molecule has 6 nitrogen and oxygen atoms in total. The smallest absolute Gasteiger partial charge is 0.432 e. The van der Waals surface area contributed by atoms with Gasteiger partial charge in [0.25, 0.3) is 0 Å². The largest absolute Gasteiger partial charge is 0.462 e. The highest BCUT2D eigenvalue weighted by Gasteiger charge is 2.53. The van der Waals surface area contributed by atoms with Crippen LogP contribution in [0.25, 0.3) is 59.2 Å². The molecule has 7 aromatic rings. The molecule has 0 spiro atoms. The molecule has 316 valence electrons. The van der Waals surface area contributed by atoms with Gasteiger partial charge in [0.15, 0.2) is 6.29 Å². The summed E-state index contributed by atoms with van der Waals surface area (Å²) in [5.74, 6) is -0.982. The quantitative estimate of drug-likeness (QED) is 0.0755. The van der Waals surface area contributed by atoms with Crippen LogP contribution in [0.3, 0.4) is 0 Å². The molecule has 0 amide bonds. The number of carbonyl (C=O) groups is 1. The molecule has 0 saturated carbocycles. The van der Waals surface area contributed by atoms with E-state index >= 15 is 0 Å². The fraction of sp³-hybridized carbons (Fsp3) is 0.244. The Kier molecular flexibility index (Phi) is 11.0. The topological polar surface area (TPSA) is 72.1 Å². The molecule has 2 N–H and O–H groups in total. The van der Waals surface area contributed by atoms with Gasteiger partial charge < -0.3 is 24.8 Å². The number of benzene rings is 1. The van der Waals surface area contributed by atoms with Gasteiger partial charge in [-0.1, -0.05) is 23.5 Å². The Morgan fingerprint density at radius 3 is 1.59 bits per heavy atom. The molecule has 3 aliphatic heterocycles. The van der Waals surface area contributed by atoms with Crippen LogP contribution >= 0.6 is 91.5 Å². The number of allylic oxidation sites excluding steroid dienone is 2. The molecular formula is C41H28F6N2O4S8. The predicted molar refractivity (Wildman–Crippen MR) is 240 cm³/mol. The summed E-state index contributed by atoms with van der Waals surface area (Å²) in [4.78, 5) is 21.9. The van der Waals surface area contributed by atoms with E-state index < -0.39 is 57.8 Å². The first kappa shape index (κ1) is 41.7. The van der Waals surface area contributed by atoms with E-state index in [0.29, 0.717) is 11.5 Å². The summed E-state index contributed by atoms with van der Waals surface area (Å²) in [6, 6.07) is 24.6. The van der Waals surface area contributed by atoms with Crippen molar-refractivity contribution in [3.05, 3.63) is 104 Å². The number of esters is 1. The fourth-order valence-corrected chi connectivity index (χ4v) is 16.2. The maximum Gasteiger partial charge on any atom is 0.432 e. The highest BCUT2D eigenvalue weighted by Crippen LogP contribution is 2.54. The number of thioether (sulfide) groups is 2. The second kappa shape index (κ2) is 16.0. The van der Waals surface area contributed by atoms with Crippen molar-refractivity contribution >= 4 is 118 Å². The number of thiophene rings is 6. The van der Waals surface area contributed by atoms with Crippen LogP contribution in [0.2, 0.25) is 0 Å². The average Bonchev–Trinajstić information content (AvgIpc) is 4.03. The van der Waals surface area contributed by atoms with Crippen LogP contribution in [-0.2, 0) is 19.0 Å². The van der Waals surface area contributed by atoms with Gasteiger partial charge >= 0.3 is 18.3 Å². The molecule has 20 heteroatoms. The predicted octanol–water partition coefficient (Wildman–Crippen LogP) is 14.6. The van der Waals surface area contributed by atoms with Gasteiger partial charge in [-0.15, -0.1) is 68.0 Å². The number of hydrogen-bond donors (Lipinski definition) is 2. The van der Waals surface area contributed by atoms with E-state index in [2.05, 4.69) is 53.1 Å². The number of alkyl halides is 6. The molecule has 0 radical (unpaired) electrons. The lowest BCUT2D eigenvalue weighted by atomic mass is 10.2. The second-order valence-corrected chi connectivity index (χ2v) is 22.5. The van der Waals surface area contributed by atoms with Crippen molar-refractivity contribution in [2.45, 2.75) is 49.3 Å². The van der Waals surface area contributed by atoms with Gasteiger partial charge in [0.05, 0.1) is 6.61 Å². The Morgan fingerprint density at radius 1 is 0.607 bits per heavy atom. The molecule has 1 fully saturated rings. The zero-order valence-electron chi connectivity index (χ0n) is 31.3. The minimum atomic E-state index is -4.71. The van der Waals surface area contributed by atoms with Crippen molar-refractivity contribution in [3.8, 4) is 39.0 Å². The number of carbonyl (C=O) groups excluding carboxylic acids is 1. The molecule has 1 aromatic carbocycles. The van der Waals surface area contributed by atoms with E-state index in [-0.39, 0.29) is 11.5 Å². The molecule has 9 heterocycles. The van der Waals surface area contributed by atoms with Gasteiger partial charge in [0.1, 0.15) is 33.2 Å². The van der Waals surface area contributed by atoms with Crippen LogP contribution in [0, 0.1) is 0 Å². The van der Waals surface area contributed by atoms with Gasteiger partial charge in [-0.05, 0) is 97.4 Å². The Labute approximate surface area is 376 Å². The number of ether oxygens (including phenoxy) is 3. The van der Waals surface area contributed by atoms with Crippen molar-refractivity contribution in [2.24, 2.45) is 0 Å². The third-order valence-electron chi connectivity index (χ3n) is 9.68. The molecule has 0 aliphatic carbocycles. The number of fused-ring (bicyclic) bond motifs is 2. The number of nitrogens with one attached hydrogen (secondary N) is 2.